The van der Waals surface area contributed by atoms with Crippen LogP contribution in [-0.2, 0) is 11.3 Å². The molecule has 1 aromatic carbocycles. The van der Waals surface area contributed by atoms with E-state index in [0.717, 1.165) is 17.8 Å². The van der Waals surface area contributed by atoms with E-state index in [9.17, 15) is 4.79 Å². The first-order valence-corrected chi connectivity index (χ1v) is 5.58. The molecule has 0 aliphatic heterocycles. The summed E-state index contributed by atoms with van der Waals surface area (Å²) in [6, 6.07) is 7.56. The lowest BCUT2D eigenvalue weighted by Crippen LogP contribution is -2.26. The third kappa shape index (κ3) is 5.33. The Balaban J connectivity index is 2.47. The van der Waals surface area contributed by atoms with E-state index in [1.165, 1.54) is 0 Å². The number of rotatable bonds is 5. The number of hydrogen-bond donors (Lipinski definition) is 3. The van der Waals surface area contributed by atoms with Crippen LogP contribution in [0.1, 0.15) is 19.4 Å². The van der Waals surface area contributed by atoms with E-state index in [4.69, 9.17) is 4.74 Å². The summed E-state index contributed by atoms with van der Waals surface area (Å²) < 4.78 is 4.98. The number of amides is 1. The zero-order chi connectivity index (χ0) is 12.7. The van der Waals surface area contributed by atoms with Crippen molar-refractivity contribution in [2.24, 2.45) is 0 Å². The smallest absolute Gasteiger partial charge is 0.411 e. The molecule has 3 N–H and O–H groups in total. The molecule has 0 saturated carbocycles. The molecule has 0 aromatic heterocycles. The van der Waals surface area contributed by atoms with Crippen molar-refractivity contribution in [3.63, 3.8) is 0 Å². The standard InChI is InChI=1S/C12H19N3O2/c1-9(2)17-12(16)15-11-6-4-10(5-7-11)8-14-13-3/h4-7,9,13-14H,8H2,1-3H3,(H,15,16). The van der Waals surface area contributed by atoms with Crippen LogP contribution in [0.2, 0.25) is 0 Å². The molecule has 1 aromatic rings. The summed E-state index contributed by atoms with van der Waals surface area (Å²) in [7, 11) is 1.82. The highest BCUT2D eigenvalue weighted by atomic mass is 16.6. The number of anilines is 1. The lowest BCUT2D eigenvalue weighted by Gasteiger charge is -2.10. The highest BCUT2D eigenvalue weighted by Crippen LogP contribution is 2.10. The summed E-state index contributed by atoms with van der Waals surface area (Å²) >= 11 is 0. The maximum absolute atomic E-state index is 11.3. The lowest BCUT2D eigenvalue weighted by atomic mass is 10.2. The van der Waals surface area contributed by atoms with Crippen LogP contribution < -0.4 is 16.2 Å². The van der Waals surface area contributed by atoms with E-state index in [1.807, 2.05) is 45.2 Å². The van der Waals surface area contributed by atoms with Gasteiger partial charge >= 0.3 is 6.09 Å². The number of hydrogen-bond acceptors (Lipinski definition) is 4. The topological polar surface area (TPSA) is 62.4 Å². The molecule has 17 heavy (non-hydrogen) atoms. The average Bonchev–Trinajstić information content (AvgIpc) is 2.27. The number of ether oxygens (including phenoxy) is 1. The minimum absolute atomic E-state index is 0.117. The summed E-state index contributed by atoms with van der Waals surface area (Å²) in [5, 5.41) is 2.66. The summed E-state index contributed by atoms with van der Waals surface area (Å²) in [4.78, 5) is 11.3. The summed E-state index contributed by atoms with van der Waals surface area (Å²) in [6.07, 6.45) is -0.546. The molecule has 1 amide bonds. The average molecular weight is 237 g/mol. The van der Waals surface area contributed by atoms with Crippen LogP contribution in [0.5, 0.6) is 0 Å². The van der Waals surface area contributed by atoms with Crippen molar-refractivity contribution in [2.75, 3.05) is 12.4 Å². The Morgan fingerprint density at radius 1 is 1.29 bits per heavy atom. The molecule has 0 fully saturated rings. The molecule has 0 spiro atoms. The van der Waals surface area contributed by atoms with Crippen molar-refractivity contribution in [1.29, 1.82) is 0 Å². The van der Waals surface area contributed by atoms with Crippen LogP contribution in [-0.4, -0.2) is 19.2 Å². The normalized spacial score (nSPS) is 10.4. The maximum Gasteiger partial charge on any atom is 0.411 e. The predicted octanol–water partition coefficient (Wildman–Crippen LogP) is 1.87. The molecule has 1 rings (SSSR count). The number of hydrazine groups is 1. The van der Waals surface area contributed by atoms with Crippen molar-refractivity contribution in [2.45, 2.75) is 26.5 Å². The zero-order valence-corrected chi connectivity index (χ0v) is 10.4. The lowest BCUT2D eigenvalue weighted by molar-refractivity contribution is 0.130. The third-order valence-electron chi connectivity index (χ3n) is 2.01. The molecule has 0 radical (unpaired) electrons. The fraction of sp³-hybridized carbons (Fsp3) is 0.417. The van der Waals surface area contributed by atoms with Crippen LogP contribution in [0.25, 0.3) is 0 Å². The van der Waals surface area contributed by atoms with E-state index in [-0.39, 0.29) is 6.10 Å². The second-order valence-electron chi connectivity index (χ2n) is 3.88. The van der Waals surface area contributed by atoms with Crippen molar-refractivity contribution < 1.29 is 9.53 Å². The Morgan fingerprint density at radius 2 is 1.94 bits per heavy atom. The molecule has 5 heteroatoms. The van der Waals surface area contributed by atoms with Crippen LogP contribution in [0, 0.1) is 0 Å². The van der Waals surface area contributed by atoms with Gasteiger partial charge in [0.15, 0.2) is 0 Å². The Labute approximate surface area is 102 Å². The highest BCUT2D eigenvalue weighted by Gasteiger charge is 2.04. The van der Waals surface area contributed by atoms with E-state index in [1.54, 1.807) is 0 Å². The molecule has 0 atom stereocenters. The van der Waals surface area contributed by atoms with Gasteiger partial charge in [0, 0.05) is 12.2 Å². The van der Waals surface area contributed by atoms with Crippen LogP contribution >= 0.6 is 0 Å². The monoisotopic (exact) mass is 237 g/mol. The maximum atomic E-state index is 11.3. The van der Waals surface area contributed by atoms with Gasteiger partial charge in [0.05, 0.1) is 6.10 Å². The van der Waals surface area contributed by atoms with Crippen LogP contribution in [0.4, 0.5) is 10.5 Å². The van der Waals surface area contributed by atoms with Gasteiger partial charge in [-0.25, -0.2) is 4.79 Å². The molecule has 0 bridgehead atoms. The minimum atomic E-state index is -0.430. The summed E-state index contributed by atoms with van der Waals surface area (Å²) in [5.74, 6) is 0. The van der Waals surface area contributed by atoms with Gasteiger partial charge in [0.1, 0.15) is 0 Å². The number of benzene rings is 1. The Bertz CT molecular complexity index is 349. The number of carbonyl (C=O) groups is 1. The first-order chi connectivity index (χ1) is 8.11. The second-order valence-corrected chi connectivity index (χ2v) is 3.88. The van der Waals surface area contributed by atoms with E-state index in [2.05, 4.69) is 16.2 Å². The molecule has 0 saturated heterocycles. The van der Waals surface area contributed by atoms with Gasteiger partial charge in [-0.2, -0.15) is 0 Å². The Morgan fingerprint density at radius 3 is 2.47 bits per heavy atom. The summed E-state index contributed by atoms with van der Waals surface area (Å²) in [5.41, 5.74) is 7.69. The zero-order valence-electron chi connectivity index (χ0n) is 10.4. The first-order valence-electron chi connectivity index (χ1n) is 5.58. The van der Waals surface area contributed by atoms with Gasteiger partial charge in [-0.3, -0.25) is 16.2 Å². The minimum Gasteiger partial charge on any atom is -0.447 e. The van der Waals surface area contributed by atoms with Gasteiger partial charge < -0.3 is 4.74 Å². The Hall–Kier alpha value is -1.59. The molecule has 0 unspecified atom stereocenters. The van der Waals surface area contributed by atoms with E-state index in [0.29, 0.717) is 0 Å². The Kier molecular flexibility index (Phi) is 5.45. The number of carbonyl (C=O) groups excluding carboxylic acids is 1. The van der Waals surface area contributed by atoms with Crippen molar-refractivity contribution >= 4 is 11.8 Å². The molecule has 0 aliphatic carbocycles. The van der Waals surface area contributed by atoms with Crippen molar-refractivity contribution in [1.82, 2.24) is 10.9 Å². The molecule has 0 aliphatic rings. The highest BCUT2D eigenvalue weighted by molar-refractivity contribution is 5.84. The van der Waals surface area contributed by atoms with Gasteiger partial charge in [-0.1, -0.05) is 12.1 Å². The summed E-state index contributed by atoms with van der Waals surface area (Å²) in [6.45, 7) is 4.35. The molecule has 94 valence electrons. The fourth-order valence-electron chi connectivity index (χ4n) is 1.26. The number of nitrogens with one attached hydrogen (secondary N) is 3. The van der Waals surface area contributed by atoms with Gasteiger partial charge in [-0.15, -0.1) is 0 Å². The molecular formula is C12H19N3O2. The van der Waals surface area contributed by atoms with E-state index >= 15 is 0 Å². The third-order valence-corrected chi connectivity index (χ3v) is 2.01. The second kappa shape index (κ2) is 6.88. The largest absolute Gasteiger partial charge is 0.447 e. The molecule has 0 heterocycles. The quantitative estimate of drug-likeness (QED) is 0.684. The van der Waals surface area contributed by atoms with Crippen molar-refractivity contribution in [3.8, 4) is 0 Å². The van der Waals surface area contributed by atoms with Crippen molar-refractivity contribution in [3.05, 3.63) is 29.8 Å². The predicted molar refractivity (Wildman–Crippen MR) is 67.6 cm³/mol. The molecular weight excluding hydrogens is 218 g/mol. The van der Waals surface area contributed by atoms with Gasteiger partial charge in [0.2, 0.25) is 0 Å². The first kappa shape index (κ1) is 13.5. The molecule has 5 nitrogen and oxygen atoms in total. The fourth-order valence-corrected chi connectivity index (χ4v) is 1.26. The van der Waals surface area contributed by atoms with Crippen LogP contribution in [0.15, 0.2) is 24.3 Å². The van der Waals surface area contributed by atoms with Crippen LogP contribution in [0.3, 0.4) is 0 Å². The van der Waals surface area contributed by atoms with E-state index < -0.39 is 6.09 Å². The van der Waals surface area contributed by atoms with Gasteiger partial charge in [0.25, 0.3) is 0 Å². The SMILES string of the molecule is CNNCc1ccc(NC(=O)OC(C)C)cc1. The van der Waals surface area contributed by atoms with Gasteiger partial charge in [-0.05, 0) is 38.6 Å².